The van der Waals surface area contributed by atoms with Crippen LogP contribution >= 0.6 is 0 Å². The molecule has 0 saturated carbocycles. The Hall–Kier alpha value is -2.44. The Balaban J connectivity index is 1.37. The first-order valence-corrected chi connectivity index (χ1v) is 9.46. The lowest BCUT2D eigenvalue weighted by Gasteiger charge is -2.37. The van der Waals surface area contributed by atoms with Gasteiger partial charge >= 0.3 is 0 Å². The van der Waals surface area contributed by atoms with Gasteiger partial charge in [-0.3, -0.25) is 9.78 Å². The topological polar surface area (TPSA) is 63.7 Å². The summed E-state index contributed by atoms with van der Waals surface area (Å²) in [7, 11) is 0. The SMILES string of the molecule is Cc1cccc(CNc2ccnc(C(=O)N3CCC4(CC3)OCCO4)c2)c1. The molecule has 1 amide bonds. The van der Waals surface area contributed by atoms with E-state index in [2.05, 4.69) is 41.5 Å². The largest absolute Gasteiger partial charge is 0.381 e. The van der Waals surface area contributed by atoms with Crippen molar-refractivity contribution in [2.24, 2.45) is 0 Å². The second-order valence-corrected chi connectivity index (χ2v) is 7.17. The third-order valence-electron chi connectivity index (χ3n) is 5.18. The first kappa shape index (κ1) is 17.9. The minimum atomic E-state index is -0.471. The molecule has 1 aromatic heterocycles. The van der Waals surface area contributed by atoms with Crippen molar-refractivity contribution in [3.05, 3.63) is 59.4 Å². The van der Waals surface area contributed by atoms with Crippen LogP contribution in [0.4, 0.5) is 5.69 Å². The molecule has 2 fully saturated rings. The van der Waals surface area contributed by atoms with Gasteiger partial charge in [-0.2, -0.15) is 0 Å². The highest BCUT2D eigenvalue weighted by atomic mass is 16.7. The predicted molar refractivity (Wildman–Crippen MR) is 103 cm³/mol. The molecule has 6 heteroatoms. The number of nitrogens with zero attached hydrogens (tertiary/aromatic N) is 2. The molecule has 1 spiro atoms. The van der Waals surface area contributed by atoms with Crippen LogP contribution in [0.3, 0.4) is 0 Å². The quantitative estimate of drug-likeness (QED) is 0.900. The third-order valence-corrected chi connectivity index (χ3v) is 5.18. The molecule has 1 aromatic carbocycles. The number of nitrogens with one attached hydrogen (secondary N) is 1. The van der Waals surface area contributed by atoms with Crippen molar-refractivity contribution < 1.29 is 14.3 Å². The van der Waals surface area contributed by atoms with Crippen LogP contribution in [0.15, 0.2) is 42.6 Å². The van der Waals surface area contributed by atoms with E-state index in [-0.39, 0.29) is 5.91 Å². The summed E-state index contributed by atoms with van der Waals surface area (Å²) in [6, 6.07) is 12.1. The van der Waals surface area contributed by atoms with Crippen molar-refractivity contribution in [3.8, 4) is 0 Å². The smallest absolute Gasteiger partial charge is 0.272 e. The van der Waals surface area contributed by atoms with E-state index in [1.165, 1.54) is 11.1 Å². The number of hydrogen-bond donors (Lipinski definition) is 1. The first-order chi connectivity index (χ1) is 13.1. The number of amides is 1. The number of aryl methyl sites for hydroxylation is 1. The fourth-order valence-corrected chi connectivity index (χ4v) is 3.68. The second-order valence-electron chi connectivity index (χ2n) is 7.17. The molecule has 0 bridgehead atoms. The minimum absolute atomic E-state index is 0.0398. The number of benzene rings is 1. The van der Waals surface area contributed by atoms with Crippen LogP contribution in [0.25, 0.3) is 0 Å². The van der Waals surface area contributed by atoms with E-state index in [4.69, 9.17) is 9.47 Å². The zero-order valence-corrected chi connectivity index (χ0v) is 15.6. The van der Waals surface area contributed by atoms with Crippen LogP contribution < -0.4 is 5.32 Å². The maximum absolute atomic E-state index is 12.8. The molecule has 0 unspecified atom stereocenters. The van der Waals surface area contributed by atoms with Crippen LogP contribution in [-0.2, 0) is 16.0 Å². The molecule has 0 radical (unpaired) electrons. The highest BCUT2D eigenvalue weighted by molar-refractivity contribution is 5.93. The van der Waals surface area contributed by atoms with Crippen molar-refractivity contribution in [2.45, 2.75) is 32.1 Å². The Labute approximate surface area is 159 Å². The molecule has 1 N–H and O–H groups in total. The molecule has 2 aliphatic rings. The Morgan fingerprint density at radius 2 is 1.96 bits per heavy atom. The van der Waals surface area contributed by atoms with Crippen LogP contribution in [-0.4, -0.2) is 47.9 Å². The van der Waals surface area contributed by atoms with E-state index < -0.39 is 5.79 Å². The first-order valence-electron chi connectivity index (χ1n) is 9.46. The normalized spacial score (nSPS) is 18.6. The molecule has 2 saturated heterocycles. The van der Waals surface area contributed by atoms with Crippen molar-refractivity contribution in [2.75, 3.05) is 31.6 Å². The highest BCUT2D eigenvalue weighted by Crippen LogP contribution is 2.31. The summed E-state index contributed by atoms with van der Waals surface area (Å²) in [5.41, 5.74) is 3.80. The zero-order valence-electron chi connectivity index (χ0n) is 15.6. The van der Waals surface area contributed by atoms with Crippen molar-refractivity contribution in [1.82, 2.24) is 9.88 Å². The van der Waals surface area contributed by atoms with Gasteiger partial charge in [0.2, 0.25) is 0 Å². The van der Waals surface area contributed by atoms with Crippen LogP contribution in [0.1, 0.15) is 34.5 Å². The van der Waals surface area contributed by atoms with Gasteiger partial charge in [-0.15, -0.1) is 0 Å². The van der Waals surface area contributed by atoms with E-state index in [0.717, 1.165) is 5.69 Å². The molecule has 2 aliphatic heterocycles. The number of ether oxygens (including phenoxy) is 2. The number of pyridine rings is 1. The molecule has 3 heterocycles. The lowest BCUT2D eigenvalue weighted by molar-refractivity contribution is -0.181. The standard InChI is InChI=1S/C21H25N3O3/c1-16-3-2-4-17(13-16)15-23-18-5-8-22-19(14-18)20(25)24-9-6-21(7-10-24)26-11-12-27-21/h2-5,8,13-14H,6-7,9-12,15H2,1H3,(H,22,23). The Morgan fingerprint density at radius 3 is 2.70 bits per heavy atom. The maximum atomic E-state index is 12.8. The average molecular weight is 367 g/mol. The number of piperidine rings is 1. The monoisotopic (exact) mass is 367 g/mol. The van der Waals surface area contributed by atoms with E-state index >= 15 is 0 Å². The van der Waals surface area contributed by atoms with Gasteiger partial charge in [-0.1, -0.05) is 29.8 Å². The summed E-state index contributed by atoms with van der Waals surface area (Å²) in [6.45, 7) is 5.33. The fraction of sp³-hybridized carbons (Fsp3) is 0.429. The van der Waals surface area contributed by atoms with Gasteiger partial charge in [0.15, 0.2) is 5.79 Å². The van der Waals surface area contributed by atoms with E-state index in [9.17, 15) is 4.79 Å². The summed E-state index contributed by atoms with van der Waals surface area (Å²) in [4.78, 5) is 18.9. The molecule has 27 heavy (non-hydrogen) atoms. The summed E-state index contributed by atoms with van der Waals surface area (Å²) in [5.74, 6) is -0.511. The van der Waals surface area contributed by atoms with Gasteiger partial charge in [0.1, 0.15) is 5.69 Å². The summed E-state index contributed by atoms with van der Waals surface area (Å²) < 4.78 is 11.5. The van der Waals surface area contributed by atoms with Gasteiger partial charge in [0.05, 0.1) is 13.2 Å². The number of carbonyl (C=O) groups excluding carboxylic acids is 1. The Bertz CT molecular complexity index is 808. The molecule has 0 aliphatic carbocycles. The highest BCUT2D eigenvalue weighted by Gasteiger charge is 2.41. The van der Waals surface area contributed by atoms with Crippen LogP contribution in [0.2, 0.25) is 0 Å². The summed E-state index contributed by atoms with van der Waals surface area (Å²) in [5, 5.41) is 3.38. The molecule has 0 atom stereocenters. The van der Waals surface area contributed by atoms with E-state index in [0.29, 0.717) is 51.4 Å². The minimum Gasteiger partial charge on any atom is -0.381 e. The molecular weight excluding hydrogens is 342 g/mol. The van der Waals surface area contributed by atoms with Crippen molar-refractivity contribution in [1.29, 1.82) is 0 Å². The maximum Gasteiger partial charge on any atom is 0.272 e. The number of anilines is 1. The lowest BCUT2D eigenvalue weighted by atomic mass is 10.0. The number of aromatic nitrogens is 1. The van der Waals surface area contributed by atoms with E-state index in [1.807, 2.05) is 17.0 Å². The van der Waals surface area contributed by atoms with Crippen LogP contribution in [0.5, 0.6) is 0 Å². The van der Waals surface area contributed by atoms with Gasteiger partial charge in [-0.25, -0.2) is 0 Å². The molecule has 6 nitrogen and oxygen atoms in total. The summed E-state index contributed by atoms with van der Waals surface area (Å²) in [6.07, 6.45) is 3.11. The Morgan fingerprint density at radius 1 is 1.19 bits per heavy atom. The van der Waals surface area contributed by atoms with Crippen LogP contribution in [0, 0.1) is 6.92 Å². The van der Waals surface area contributed by atoms with Gasteiger partial charge in [0.25, 0.3) is 5.91 Å². The van der Waals surface area contributed by atoms with Crippen molar-refractivity contribution >= 4 is 11.6 Å². The number of likely N-dealkylation sites (tertiary alicyclic amines) is 1. The zero-order chi connectivity index (χ0) is 18.7. The molecule has 142 valence electrons. The lowest BCUT2D eigenvalue weighted by Crippen LogP contribution is -2.47. The van der Waals surface area contributed by atoms with Gasteiger partial charge in [-0.05, 0) is 24.6 Å². The number of carbonyl (C=O) groups is 1. The van der Waals surface area contributed by atoms with Gasteiger partial charge in [0, 0.05) is 44.4 Å². The van der Waals surface area contributed by atoms with Crippen molar-refractivity contribution in [3.63, 3.8) is 0 Å². The molecular formula is C21H25N3O3. The number of rotatable bonds is 4. The molecule has 4 rings (SSSR count). The third kappa shape index (κ3) is 4.12. The predicted octanol–water partition coefficient (Wildman–Crippen LogP) is 2.98. The van der Waals surface area contributed by atoms with Gasteiger partial charge < -0.3 is 19.7 Å². The Kier molecular flexibility index (Phi) is 5.09. The summed E-state index contributed by atoms with van der Waals surface area (Å²) >= 11 is 0. The number of hydrogen-bond acceptors (Lipinski definition) is 5. The molecule has 2 aromatic rings. The second kappa shape index (κ2) is 7.66. The van der Waals surface area contributed by atoms with E-state index in [1.54, 1.807) is 6.20 Å². The fourth-order valence-electron chi connectivity index (χ4n) is 3.68. The average Bonchev–Trinajstić information content (AvgIpc) is 3.15.